The van der Waals surface area contributed by atoms with Crippen LogP contribution in [-0.4, -0.2) is 106 Å². The molecule has 0 amide bonds. The molecule has 2 atom stereocenters. The van der Waals surface area contributed by atoms with E-state index in [1.165, 1.54) is 12.9 Å². The van der Waals surface area contributed by atoms with Crippen LogP contribution in [0.1, 0.15) is 32.6 Å². The van der Waals surface area contributed by atoms with Crippen LogP contribution in [0.3, 0.4) is 0 Å². The molecular weight excluding hydrogens is 458 g/mol. The maximum Gasteiger partial charge on any atom is 0.324 e. The summed E-state index contributed by atoms with van der Waals surface area (Å²) in [5, 5.41) is -0.971. The lowest BCUT2D eigenvalue weighted by Gasteiger charge is -2.40. The fourth-order valence-electron chi connectivity index (χ4n) is 4.17. The van der Waals surface area contributed by atoms with Gasteiger partial charge in [-0.1, -0.05) is 0 Å². The molecule has 0 aliphatic carbocycles. The Morgan fingerprint density at radius 2 is 1.60 bits per heavy atom. The van der Waals surface area contributed by atoms with Crippen molar-refractivity contribution in [2.75, 3.05) is 50.8 Å². The summed E-state index contributed by atoms with van der Waals surface area (Å²) in [7, 11) is -11.1. The van der Waals surface area contributed by atoms with Crippen LogP contribution in [0.2, 0.25) is 0 Å². The highest BCUT2D eigenvalue weighted by Crippen LogP contribution is 2.27. The van der Waals surface area contributed by atoms with Gasteiger partial charge in [0.2, 0.25) is 10.0 Å². The first kappa shape index (κ1) is 23.9. The zero-order valence-corrected chi connectivity index (χ0v) is 19.4. The maximum absolute atomic E-state index is 13.2. The average molecular weight is 488 g/mol. The monoisotopic (exact) mass is 487 g/mol. The van der Waals surface area contributed by atoms with Crippen LogP contribution in [0.4, 0.5) is 0 Å². The molecule has 0 aromatic carbocycles. The third-order valence-electron chi connectivity index (χ3n) is 5.80. The van der Waals surface area contributed by atoms with Crippen LogP contribution in [-0.2, 0) is 39.6 Å². The summed E-state index contributed by atoms with van der Waals surface area (Å²) in [5.41, 5.74) is 0. The number of hydrogen-bond acceptors (Lipinski definition) is 8. The zero-order valence-electron chi connectivity index (χ0n) is 17.0. The van der Waals surface area contributed by atoms with Crippen LogP contribution >= 0.6 is 0 Å². The highest BCUT2D eigenvalue weighted by atomic mass is 32.2. The van der Waals surface area contributed by atoms with Gasteiger partial charge >= 0.3 is 5.97 Å². The van der Waals surface area contributed by atoms with Gasteiger partial charge in [-0.05, 0) is 32.6 Å². The average Bonchev–Trinajstić information content (AvgIpc) is 3.09. The molecule has 3 fully saturated rings. The summed E-state index contributed by atoms with van der Waals surface area (Å²) in [6.07, 6.45) is 1.83. The molecule has 0 aromatic rings. The number of nitrogens with zero attached hydrogens (tertiary/aromatic N) is 3. The maximum atomic E-state index is 13.2. The van der Waals surface area contributed by atoms with E-state index in [2.05, 4.69) is 0 Å². The Morgan fingerprint density at radius 1 is 0.967 bits per heavy atom. The fraction of sp³-hybridized carbons (Fsp3) is 0.938. The number of ether oxygens (including phenoxy) is 1. The standard InChI is InChI=1S/C16H29N3O8S3/c1-2-27-16(20)15-5-3-4-7-19(15)30(25,26)18-10-8-17(9-11-18)29(23,24)14-6-12-28(21,22)13-14/h14-15H,2-13H2,1H3. The van der Waals surface area contributed by atoms with Gasteiger partial charge in [0.15, 0.2) is 9.84 Å². The second kappa shape index (κ2) is 8.98. The van der Waals surface area contributed by atoms with E-state index in [9.17, 15) is 30.0 Å². The number of esters is 1. The molecule has 0 saturated carbocycles. The van der Waals surface area contributed by atoms with E-state index in [0.717, 1.165) is 6.42 Å². The molecule has 0 N–H and O–H groups in total. The van der Waals surface area contributed by atoms with Gasteiger partial charge in [0, 0.05) is 32.7 Å². The molecule has 30 heavy (non-hydrogen) atoms. The van der Waals surface area contributed by atoms with Crippen molar-refractivity contribution in [1.82, 2.24) is 12.9 Å². The lowest BCUT2D eigenvalue weighted by atomic mass is 10.1. The lowest BCUT2D eigenvalue weighted by Crippen LogP contribution is -2.58. The minimum atomic E-state index is -3.96. The van der Waals surface area contributed by atoms with Gasteiger partial charge in [-0.2, -0.15) is 21.3 Å². The van der Waals surface area contributed by atoms with Crippen LogP contribution in [0.25, 0.3) is 0 Å². The van der Waals surface area contributed by atoms with Crippen LogP contribution in [0.15, 0.2) is 0 Å². The Labute approximate surface area is 178 Å². The van der Waals surface area contributed by atoms with Gasteiger partial charge < -0.3 is 4.74 Å². The molecule has 3 aliphatic rings. The molecule has 3 saturated heterocycles. The topological polar surface area (TPSA) is 138 Å². The van der Waals surface area contributed by atoms with Gasteiger partial charge in [0.25, 0.3) is 10.2 Å². The van der Waals surface area contributed by atoms with E-state index < -0.39 is 47.3 Å². The van der Waals surface area contributed by atoms with Gasteiger partial charge in [-0.3, -0.25) is 4.79 Å². The summed E-state index contributed by atoms with van der Waals surface area (Å²) in [6.45, 7) is 1.85. The van der Waals surface area contributed by atoms with Crippen molar-refractivity contribution in [3.05, 3.63) is 0 Å². The quantitative estimate of drug-likeness (QED) is 0.425. The van der Waals surface area contributed by atoms with Crippen molar-refractivity contribution in [2.24, 2.45) is 0 Å². The molecule has 0 spiro atoms. The molecule has 3 aliphatic heterocycles. The summed E-state index contributed by atoms with van der Waals surface area (Å²) >= 11 is 0. The first-order valence-corrected chi connectivity index (χ1v) is 14.8. The Balaban J connectivity index is 1.68. The van der Waals surface area contributed by atoms with Gasteiger partial charge in [-0.15, -0.1) is 0 Å². The third-order valence-corrected chi connectivity index (χ3v) is 12.2. The highest BCUT2D eigenvalue weighted by Gasteiger charge is 2.45. The van der Waals surface area contributed by atoms with Crippen molar-refractivity contribution < 1.29 is 34.8 Å². The highest BCUT2D eigenvalue weighted by molar-refractivity contribution is 7.95. The number of sulfonamides is 1. The molecule has 11 nitrogen and oxygen atoms in total. The second-order valence-corrected chi connectivity index (χ2v) is 14.1. The third kappa shape index (κ3) is 4.83. The largest absolute Gasteiger partial charge is 0.465 e. The van der Waals surface area contributed by atoms with E-state index in [1.54, 1.807) is 6.92 Å². The van der Waals surface area contributed by atoms with E-state index in [1.807, 2.05) is 0 Å². The summed E-state index contributed by atoms with van der Waals surface area (Å²) in [4.78, 5) is 12.2. The molecule has 14 heteroatoms. The first-order valence-electron chi connectivity index (χ1n) is 10.1. The Morgan fingerprint density at radius 3 is 2.17 bits per heavy atom. The number of carbonyl (C=O) groups excluding carboxylic acids is 1. The van der Waals surface area contributed by atoms with Gasteiger partial charge in [0.05, 0.1) is 23.4 Å². The number of piperidine rings is 1. The number of rotatable bonds is 6. The fourth-order valence-corrected chi connectivity index (χ4v) is 10.5. The minimum absolute atomic E-state index is 0.0456. The SMILES string of the molecule is CCOC(=O)C1CCCCN1S(=O)(=O)N1CCN(S(=O)(=O)C2CCS(=O)(=O)C2)CC1. The molecule has 0 bridgehead atoms. The van der Waals surface area contributed by atoms with E-state index in [0.29, 0.717) is 12.8 Å². The molecule has 0 aromatic heterocycles. The molecule has 3 rings (SSSR count). The van der Waals surface area contributed by atoms with Crippen molar-refractivity contribution in [3.8, 4) is 0 Å². The molecule has 2 unspecified atom stereocenters. The lowest BCUT2D eigenvalue weighted by molar-refractivity contribution is -0.148. The van der Waals surface area contributed by atoms with Gasteiger partial charge in [-0.25, -0.2) is 16.8 Å². The van der Waals surface area contributed by atoms with Crippen molar-refractivity contribution in [3.63, 3.8) is 0 Å². The predicted octanol–water partition coefficient (Wildman–Crippen LogP) is -1.22. The summed E-state index contributed by atoms with van der Waals surface area (Å²) in [6, 6.07) is -0.867. The second-order valence-electron chi connectivity index (χ2n) is 7.75. The molecule has 3 heterocycles. The normalized spacial score (nSPS) is 29.6. The predicted molar refractivity (Wildman–Crippen MR) is 109 cm³/mol. The first-order chi connectivity index (χ1) is 14.0. The van der Waals surface area contributed by atoms with Crippen molar-refractivity contribution in [1.29, 1.82) is 0 Å². The number of carbonyl (C=O) groups is 1. The summed E-state index contributed by atoms with van der Waals surface area (Å²) in [5.74, 6) is -1.09. The smallest absolute Gasteiger partial charge is 0.324 e. The van der Waals surface area contributed by atoms with Crippen LogP contribution < -0.4 is 0 Å². The summed E-state index contributed by atoms with van der Waals surface area (Å²) < 4.78 is 83.7. The molecular formula is C16H29N3O8S3. The Kier molecular flexibility index (Phi) is 7.14. The molecule has 0 radical (unpaired) electrons. The van der Waals surface area contributed by atoms with Crippen molar-refractivity contribution >= 4 is 36.0 Å². The Hall–Kier alpha value is -0.800. The van der Waals surface area contributed by atoms with Crippen LogP contribution in [0, 0.1) is 0 Å². The minimum Gasteiger partial charge on any atom is -0.465 e. The number of hydrogen-bond donors (Lipinski definition) is 0. The van der Waals surface area contributed by atoms with E-state index in [4.69, 9.17) is 4.74 Å². The van der Waals surface area contributed by atoms with Gasteiger partial charge in [0.1, 0.15) is 6.04 Å². The number of piperazine rings is 1. The zero-order chi connectivity index (χ0) is 22.2. The van der Waals surface area contributed by atoms with E-state index in [-0.39, 0.29) is 57.3 Å². The number of sulfone groups is 1. The Bertz CT molecular complexity index is 956. The van der Waals surface area contributed by atoms with E-state index >= 15 is 0 Å². The van der Waals surface area contributed by atoms with Crippen molar-refractivity contribution in [2.45, 2.75) is 43.9 Å². The van der Waals surface area contributed by atoms with Crippen LogP contribution in [0.5, 0.6) is 0 Å². The molecule has 174 valence electrons.